The lowest BCUT2D eigenvalue weighted by molar-refractivity contribution is 0.108. The number of aryl methyl sites for hydroxylation is 1. The molecule has 0 unspecified atom stereocenters. The van der Waals surface area contributed by atoms with Crippen LogP contribution in [0, 0.1) is 13.8 Å². The van der Waals surface area contributed by atoms with E-state index in [1.54, 1.807) is 13.8 Å². The second-order valence-electron chi connectivity index (χ2n) is 2.02. The van der Waals surface area contributed by atoms with Gasteiger partial charge in [0.2, 0.25) is 0 Å². The topological polar surface area (TPSA) is 45.8 Å². The Hall–Kier alpha value is -0.830. The van der Waals surface area contributed by atoms with E-state index in [1.807, 2.05) is 0 Å². The summed E-state index contributed by atoms with van der Waals surface area (Å²) in [7, 11) is 0. The maximum absolute atomic E-state index is 10.7. The Morgan fingerprint density at radius 3 is 2.60 bits per heavy atom. The average molecular weight is 160 g/mol. The largest absolute Gasteiger partial charge is 0.282 e. The van der Waals surface area contributed by atoms with E-state index in [9.17, 15) is 4.79 Å². The quantitative estimate of drug-likeness (QED) is 0.630. The monoisotopic (exact) mass is 159 g/mol. The first-order chi connectivity index (χ1) is 5.04. The van der Waals surface area contributed by atoms with Crippen molar-refractivity contribution in [1.29, 1.82) is 0 Å². The highest BCUT2D eigenvalue weighted by atomic mass is 35.5. The summed E-state index contributed by atoms with van der Waals surface area (Å²) >= 11 is 5.25. The number of H-pyrrole nitrogens is 1. The lowest BCUT2D eigenvalue weighted by atomic mass is 10.2. The van der Waals surface area contributed by atoms with E-state index < -0.39 is 5.24 Å². The zero-order chi connectivity index (χ0) is 8.59. The summed E-state index contributed by atoms with van der Waals surface area (Å²) in [5.74, 6) is 0. The Labute approximate surface area is 64.9 Å². The van der Waals surface area contributed by atoms with Crippen LogP contribution in [0.25, 0.3) is 0 Å². The summed E-state index contributed by atoms with van der Waals surface area (Å²) < 4.78 is 7.17. The standard InChI is InChI=1S/C6H7ClN2O/c1-3-5(6(7)10)4(2)9-8-3/h1-2H3,(H,8,9)/i/hD. The van der Waals surface area contributed by atoms with Crippen LogP contribution < -0.4 is 0 Å². The average Bonchev–Trinajstić information content (AvgIpc) is 2.07. The third kappa shape index (κ3) is 1.04. The molecule has 0 saturated carbocycles. The van der Waals surface area contributed by atoms with E-state index in [0.29, 0.717) is 17.0 Å². The maximum atomic E-state index is 10.7. The molecule has 0 bridgehead atoms. The van der Waals surface area contributed by atoms with Gasteiger partial charge in [0.25, 0.3) is 5.24 Å². The van der Waals surface area contributed by atoms with Crippen molar-refractivity contribution < 1.29 is 6.21 Å². The zero-order valence-electron chi connectivity index (χ0n) is 6.68. The number of carbonyl (C=O) groups is 1. The van der Waals surface area contributed by atoms with E-state index in [-0.39, 0.29) is 0 Å². The maximum Gasteiger partial charge on any atom is 0.256 e. The first kappa shape index (κ1) is 5.92. The van der Waals surface area contributed by atoms with Crippen molar-refractivity contribution in [3.05, 3.63) is 17.0 Å². The minimum absolute atomic E-state index is 0.335. The summed E-state index contributed by atoms with van der Waals surface area (Å²) in [5, 5.41) is 4.05. The van der Waals surface area contributed by atoms with Crippen LogP contribution in [0.15, 0.2) is 0 Å². The molecule has 1 rings (SSSR count). The lowest BCUT2D eigenvalue weighted by Crippen LogP contribution is -1.91. The molecule has 1 heterocycles. The molecule has 0 fully saturated rings. The molecule has 1 aromatic heterocycles. The van der Waals surface area contributed by atoms with E-state index >= 15 is 0 Å². The number of nitrogens with one attached hydrogen (secondary N) is 1. The summed E-state index contributed by atoms with van der Waals surface area (Å²) in [6, 6.07) is 0. The number of hydrogen-bond acceptors (Lipinski definition) is 2. The van der Waals surface area contributed by atoms with Crippen molar-refractivity contribution in [2.75, 3.05) is 0 Å². The minimum atomic E-state index is -0.557. The number of nitrogens with zero attached hydrogens (tertiary/aromatic N) is 1. The molecule has 0 amide bonds. The van der Waals surface area contributed by atoms with Crippen molar-refractivity contribution in [3.63, 3.8) is 0 Å². The molecule has 0 aromatic carbocycles. The van der Waals surface area contributed by atoms with Crippen LogP contribution >= 0.6 is 11.6 Å². The molecule has 0 atom stereocenters. The van der Waals surface area contributed by atoms with Gasteiger partial charge < -0.3 is 0 Å². The number of hydrogen-bond donors (Lipinski definition) is 1. The first-order valence-corrected chi connectivity index (χ1v) is 3.17. The SMILES string of the molecule is [2H]n1nc(C)c(C(=O)Cl)c1C. The highest BCUT2D eigenvalue weighted by Gasteiger charge is 2.11. The molecule has 10 heavy (non-hydrogen) atoms. The van der Waals surface area contributed by atoms with Crippen molar-refractivity contribution in [3.8, 4) is 0 Å². The predicted molar refractivity (Wildman–Crippen MR) is 38.2 cm³/mol. The van der Waals surface area contributed by atoms with Crippen molar-refractivity contribution >= 4 is 16.8 Å². The van der Waals surface area contributed by atoms with Crippen LogP contribution in [0.2, 0.25) is 1.41 Å². The first-order valence-electron chi connectivity index (χ1n) is 3.24. The van der Waals surface area contributed by atoms with Gasteiger partial charge in [0.1, 0.15) is 0 Å². The second kappa shape index (κ2) is 2.42. The minimum Gasteiger partial charge on any atom is -0.282 e. The van der Waals surface area contributed by atoms with Crippen molar-refractivity contribution in [1.82, 2.24) is 10.2 Å². The molecular formula is C6H7ClN2O. The Morgan fingerprint density at radius 2 is 2.40 bits per heavy atom. The van der Waals surface area contributed by atoms with E-state index in [1.165, 1.54) is 0 Å². The second-order valence-corrected chi connectivity index (χ2v) is 2.36. The number of aromatic amines is 1. The molecular weight excluding hydrogens is 152 g/mol. The van der Waals surface area contributed by atoms with Crippen LogP contribution in [0.3, 0.4) is 0 Å². The van der Waals surface area contributed by atoms with Gasteiger partial charge in [0, 0.05) is 5.69 Å². The third-order valence-electron chi connectivity index (χ3n) is 1.27. The molecule has 0 aliphatic heterocycles. The number of rotatable bonds is 1. The molecule has 0 saturated heterocycles. The van der Waals surface area contributed by atoms with Gasteiger partial charge in [-0.25, -0.2) is 0 Å². The molecule has 54 valence electrons. The van der Waals surface area contributed by atoms with Crippen LogP contribution in [0.5, 0.6) is 0 Å². The lowest BCUT2D eigenvalue weighted by Gasteiger charge is -1.88. The molecule has 1 N–H and O–H groups in total. The van der Waals surface area contributed by atoms with Gasteiger partial charge in [0.15, 0.2) is 1.41 Å². The van der Waals surface area contributed by atoms with Crippen molar-refractivity contribution in [2.45, 2.75) is 13.8 Å². The number of halogens is 1. The molecule has 0 spiro atoms. The fraction of sp³-hybridized carbons (Fsp3) is 0.333. The Bertz CT molecular complexity index is 308. The summed E-state index contributed by atoms with van der Waals surface area (Å²) in [4.78, 5) is 10.7. The highest BCUT2D eigenvalue weighted by molar-refractivity contribution is 6.68. The summed E-state index contributed by atoms with van der Waals surface area (Å²) in [6.07, 6.45) is 0. The van der Waals surface area contributed by atoms with Crippen molar-refractivity contribution in [2.24, 2.45) is 0 Å². The van der Waals surface area contributed by atoms with E-state index in [0.717, 1.165) is 5.09 Å². The molecule has 0 radical (unpaired) electrons. The van der Waals surface area contributed by atoms with Crippen LogP contribution in [-0.2, 0) is 0 Å². The summed E-state index contributed by atoms with van der Waals surface area (Å²) in [6.45, 7) is 3.27. The van der Waals surface area contributed by atoms with E-state index in [2.05, 4.69) is 5.10 Å². The van der Waals surface area contributed by atoms with Crippen LogP contribution in [0.4, 0.5) is 0 Å². The van der Waals surface area contributed by atoms with Gasteiger partial charge in [-0.3, -0.25) is 9.89 Å². The van der Waals surface area contributed by atoms with Gasteiger partial charge in [-0.15, -0.1) is 0 Å². The molecule has 4 heteroatoms. The molecule has 1 aromatic rings. The van der Waals surface area contributed by atoms with E-state index in [4.69, 9.17) is 13.0 Å². The number of carbonyl (C=O) groups excluding carboxylic acids is 1. The highest BCUT2D eigenvalue weighted by Crippen LogP contribution is 2.11. The van der Waals surface area contributed by atoms with Gasteiger partial charge in [0.05, 0.1) is 11.3 Å². The fourth-order valence-electron chi connectivity index (χ4n) is 0.796. The zero-order valence-corrected chi connectivity index (χ0v) is 6.44. The molecule has 0 aliphatic carbocycles. The Balaban J connectivity index is 3.34. The smallest absolute Gasteiger partial charge is 0.256 e. The molecule has 0 aliphatic rings. The third-order valence-corrected chi connectivity index (χ3v) is 1.46. The summed E-state index contributed by atoms with van der Waals surface area (Å²) in [5.41, 5.74) is 1.31. The Morgan fingerprint density at radius 1 is 1.80 bits per heavy atom. The fourth-order valence-corrected chi connectivity index (χ4v) is 1.07. The normalized spacial score (nSPS) is 11.3. The van der Waals surface area contributed by atoms with Gasteiger partial charge in [-0.2, -0.15) is 5.10 Å². The van der Waals surface area contributed by atoms with Crippen LogP contribution in [-0.4, -0.2) is 15.4 Å². The van der Waals surface area contributed by atoms with Gasteiger partial charge in [-0.1, -0.05) is 0 Å². The van der Waals surface area contributed by atoms with Crippen LogP contribution in [0.1, 0.15) is 21.7 Å². The number of aromatic nitrogens is 2. The van der Waals surface area contributed by atoms with Gasteiger partial charge in [-0.05, 0) is 25.4 Å². The predicted octanol–water partition coefficient (Wildman–Crippen LogP) is 1.41. The molecule has 3 nitrogen and oxygen atoms in total. The Kier molecular flexibility index (Phi) is 1.43. The van der Waals surface area contributed by atoms with Gasteiger partial charge >= 0.3 is 0 Å².